The molecule has 3 nitrogen and oxygen atoms in total. The van der Waals surface area contributed by atoms with Crippen molar-refractivity contribution in [3.8, 4) is 0 Å². The lowest BCUT2D eigenvalue weighted by Crippen LogP contribution is -2.28. The van der Waals surface area contributed by atoms with E-state index >= 15 is 0 Å². The summed E-state index contributed by atoms with van der Waals surface area (Å²) >= 11 is 0. The van der Waals surface area contributed by atoms with Crippen molar-refractivity contribution in [3.63, 3.8) is 0 Å². The Hall–Kier alpha value is -0.900. The van der Waals surface area contributed by atoms with Crippen LogP contribution in [-0.4, -0.2) is 28.3 Å². The number of hydrogen-bond acceptors (Lipinski definition) is 2. The number of halogens is 1. The third kappa shape index (κ3) is 2.20. The summed E-state index contributed by atoms with van der Waals surface area (Å²) in [7, 11) is 3.78. The molecule has 1 unspecified atom stereocenters. The van der Waals surface area contributed by atoms with Crippen LogP contribution in [0.2, 0.25) is 0 Å². The van der Waals surface area contributed by atoms with Gasteiger partial charge in [-0.3, -0.25) is 9.58 Å². The highest BCUT2D eigenvalue weighted by Gasteiger charge is 2.28. The number of aryl methyl sites for hydroxylation is 1. The zero-order valence-electron chi connectivity index (χ0n) is 10.2. The third-order valence-corrected chi connectivity index (χ3v) is 2.66. The van der Waals surface area contributed by atoms with Gasteiger partial charge < -0.3 is 0 Å². The first-order valence-corrected chi connectivity index (χ1v) is 5.44. The van der Waals surface area contributed by atoms with Crippen LogP contribution in [0.4, 0.5) is 4.39 Å². The van der Waals surface area contributed by atoms with Gasteiger partial charge >= 0.3 is 0 Å². The summed E-state index contributed by atoms with van der Waals surface area (Å²) < 4.78 is 15.4. The van der Waals surface area contributed by atoms with Crippen molar-refractivity contribution < 1.29 is 4.39 Å². The fourth-order valence-corrected chi connectivity index (χ4v) is 1.90. The summed E-state index contributed by atoms with van der Waals surface area (Å²) in [5, 5.41) is 4.29. The number of fused-ring (bicyclic) bond motifs is 1. The lowest BCUT2D eigenvalue weighted by Gasteiger charge is -2.24. The summed E-state index contributed by atoms with van der Waals surface area (Å²) in [5.41, 5.74) is 2.65. The Balaban J connectivity index is 0.000000531. The van der Waals surface area contributed by atoms with Crippen molar-refractivity contribution in [2.24, 2.45) is 7.05 Å². The molecule has 0 saturated carbocycles. The van der Waals surface area contributed by atoms with Crippen molar-refractivity contribution in [2.45, 2.75) is 33.5 Å². The molecule has 2 rings (SSSR count). The second kappa shape index (κ2) is 4.75. The molecule has 0 aromatic carbocycles. The van der Waals surface area contributed by atoms with Gasteiger partial charge in [-0.2, -0.15) is 5.10 Å². The number of alkyl halides is 1. The van der Waals surface area contributed by atoms with E-state index < -0.39 is 6.17 Å². The minimum atomic E-state index is -0.873. The van der Waals surface area contributed by atoms with Crippen LogP contribution in [0.15, 0.2) is 0 Å². The maximum atomic E-state index is 13.6. The smallest absolute Gasteiger partial charge is 0.141 e. The molecule has 1 aliphatic heterocycles. The van der Waals surface area contributed by atoms with E-state index in [-0.39, 0.29) is 0 Å². The normalized spacial score (nSPS) is 20.5. The molecule has 15 heavy (non-hydrogen) atoms. The summed E-state index contributed by atoms with van der Waals surface area (Å²) in [4.78, 5) is 1.96. The molecule has 0 bridgehead atoms. The molecule has 1 aliphatic rings. The van der Waals surface area contributed by atoms with Crippen LogP contribution < -0.4 is 0 Å². The van der Waals surface area contributed by atoms with Crippen LogP contribution in [-0.2, 0) is 13.6 Å². The molecule has 86 valence electrons. The highest BCUT2D eigenvalue weighted by atomic mass is 19.1. The van der Waals surface area contributed by atoms with Crippen molar-refractivity contribution in [1.29, 1.82) is 0 Å². The predicted octanol–water partition coefficient (Wildman–Crippen LogP) is 2.21. The minimum Gasteiger partial charge on any atom is -0.297 e. The average Bonchev–Trinajstić information content (AvgIpc) is 2.45. The van der Waals surface area contributed by atoms with Gasteiger partial charge in [-0.05, 0) is 14.0 Å². The van der Waals surface area contributed by atoms with E-state index in [4.69, 9.17) is 0 Å². The van der Waals surface area contributed by atoms with Crippen molar-refractivity contribution >= 4 is 0 Å². The van der Waals surface area contributed by atoms with Crippen LogP contribution in [0.3, 0.4) is 0 Å². The highest BCUT2D eigenvalue weighted by molar-refractivity contribution is 5.30. The van der Waals surface area contributed by atoms with Crippen LogP contribution in [0, 0.1) is 6.92 Å². The Morgan fingerprint density at radius 1 is 1.33 bits per heavy atom. The van der Waals surface area contributed by atoms with Crippen LogP contribution in [0.25, 0.3) is 0 Å². The molecular formula is C11H20FN3. The van der Waals surface area contributed by atoms with Gasteiger partial charge in [0.2, 0.25) is 0 Å². The van der Waals surface area contributed by atoms with Crippen LogP contribution in [0.1, 0.15) is 37.0 Å². The lowest BCUT2D eigenvalue weighted by molar-refractivity contribution is 0.193. The maximum absolute atomic E-state index is 13.6. The van der Waals surface area contributed by atoms with E-state index in [1.807, 2.05) is 39.8 Å². The summed E-state index contributed by atoms with van der Waals surface area (Å²) in [6.45, 7) is 7.17. The van der Waals surface area contributed by atoms with Gasteiger partial charge in [0, 0.05) is 31.4 Å². The molecule has 4 heteroatoms. The largest absolute Gasteiger partial charge is 0.297 e. The lowest BCUT2D eigenvalue weighted by atomic mass is 10.0. The molecule has 0 N–H and O–H groups in total. The maximum Gasteiger partial charge on any atom is 0.141 e. The summed E-state index contributed by atoms with van der Waals surface area (Å²) in [5.74, 6) is 0. The molecule has 0 radical (unpaired) electrons. The fraction of sp³-hybridized carbons (Fsp3) is 0.727. The van der Waals surface area contributed by atoms with Crippen molar-refractivity contribution in [2.75, 3.05) is 13.6 Å². The second-order valence-electron chi connectivity index (χ2n) is 3.73. The van der Waals surface area contributed by atoms with Crippen LogP contribution in [0.5, 0.6) is 0 Å². The molecule has 0 spiro atoms. The first-order valence-electron chi connectivity index (χ1n) is 5.44. The topological polar surface area (TPSA) is 21.1 Å². The quantitative estimate of drug-likeness (QED) is 0.659. The van der Waals surface area contributed by atoms with Gasteiger partial charge in [0.05, 0.1) is 5.69 Å². The minimum absolute atomic E-state index is 0.486. The van der Waals surface area contributed by atoms with Gasteiger partial charge in [0.1, 0.15) is 6.17 Å². The predicted molar refractivity (Wildman–Crippen MR) is 59.5 cm³/mol. The van der Waals surface area contributed by atoms with Crippen LogP contribution >= 0.6 is 0 Å². The van der Waals surface area contributed by atoms with Crippen molar-refractivity contribution in [1.82, 2.24) is 14.7 Å². The van der Waals surface area contributed by atoms with Gasteiger partial charge in [0.15, 0.2) is 0 Å². The number of aromatic nitrogens is 2. The fourth-order valence-electron chi connectivity index (χ4n) is 1.90. The molecule has 1 aromatic rings. The average molecular weight is 213 g/mol. The number of nitrogens with zero attached hydrogens (tertiary/aromatic N) is 3. The zero-order chi connectivity index (χ0) is 11.6. The van der Waals surface area contributed by atoms with E-state index in [0.29, 0.717) is 6.54 Å². The Morgan fingerprint density at radius 3 is 2.53 bits per heavy atom. The monoisotopic (exact) mass is 213 g/mol. The molecule has 1 aromatic heterocycles. The Labute approximate surface area is 90.9 Å². The van der Waals surface area contributed by atoms with Gasteiger partial charge in [-0.15, -0.1) is 0 Å². The van der Waals surface area contributed by atoms with E-state index in [1.54, 1.807) is 4.68 Å². The molecule has 0 saturated heterocycles. The number of likely N-dealkylation sites (N-methyl/N-ethyl adjacent to an activating group) is 1. The molecule has 1 atom stereocenters. The summed E-state index contributed by atoms with van der Waals surface area (Å²) in [6, 6.07) is 0. The van der Waals surface area contributed by atoms with Gasteiger partial charge in [-0.25, -0.2) is 4.39 Å². The van der Waals surface area contributed by atoms with E-state index in [2.05, 4.69) is 5.10 Å². The SMILES string of the molecule is CC.Cc1c2c(nn1C)CN(C)CC2F. The first-order chi connectivity index (χ1) is 7.09. The first kappa shape index (κ1) is 12.2. The van der Waals surface area contributed by atoms with E-state index in [0.717, 1.165) is 23.5 Å². The van der Waals surface area contributed by atoms with E-state index in [1.165, 1.54) is 0 Å². The Morgan fingerprint density at radius 2 is 1.93 bits per heavy atom. The zero-order valence-corrected chi connectivity index (χ0v) is 10.2. The van der Waals surface area contributed by atoms with Crippen molar-refractivity contribution in [3.05, 3.63) is 17.0 Å². The molecule has 0 fully saturated rings. The summed E-state index contributed by atoms with van der Waals surface area (Å²) in [6.07, 6.45) is -0.873. The van der Waals surface area contributed by atoms with Gasteiger partial charge in [0.25, 0.3) is 0 Å². The molecular weight excluding hydrogens is 193 g/mol. The van der Waals surface area contributed by atoms with E-state index in [9.17, 15) is 4.39 Å². The molecule has 0 amide bonds. The highest BCUT2D eigenvalue weighted by Crippen LogP contribution is 2.30. The Kier molecular flexibility index (Phi) is 3.85. The molecule has 2 heterocycles. The molecule has 0 aliphatic carbocycles. The second-order valence-corrected chi connectivity index (χ2v) is 3.73. The Bertz CT molecular complexity index is 333. The number of rotatable bonds is 0. The number of hydrogen-bond donors (Lipinski definition) is 0. The van der Waals surface area contributed by atoms with Gasteiger partial charge in [-0.1, -0.05) is 13.8 Å². The standard InChI is InChI=1S/C9H14FN3.C2H6/c1-6-9-7(10)4-12(2)5-8(9)11-13(6)3;1-2/h7H,4-5H2,1-3H3;1-2H3. The third-order valence-electron chi connectivity index (χ3n) is 2.66.